The van der Waals surface area contributed by atoms with Gasteiger partial charge in [-0.05, 0) is 69.1 Å². The normalized spacial score (nSPS) is 11.8. The molecule has 11 aromatic rings. The van der Waals surface area contributed by atoms with Crippen LogP contribution in [0.4, 0.5) is 0 Å². The van der Waals surface area contributed by atoms with E-state index in [1.54, 1.807) is 11.3 Å². The third-order valence-electron chi connectivity index (χ3n) is 10.1. The molecular weight excluding hydrogens is 655 g/mol. The van der Waals surface area contributed by atoms with Gasteiger partial charge in [-0.2, -0.15) is 0 Å². The lowest BCUT2D eigenvalue weighted by Crippen LogP contribution is -2.00. The first-order chi connectivity index (χ1) is 25.7. The highest BCUT2D eigenvalue weighted by molar-refractivity contribution is 7.26. The van der Waals surface area contributed by atoms with Crippen LogP contribution in [0.1, 0.15) is 0 Å². The Morgan fingerprint density at radius 1 is 0.385 bits per heavy atom. The monoisotopic (exact) mass is 681 g/mol. The average Bonchev–Trinajstić information content (AvgIpc) is 3.78. The molecule has 242 valence electrons. The van der Waals surface area contributed by atoms with E-state index in [0.717, 1.165) is 48.9 Å². The summed E-state index contributed by atoms with van der Waals surface area (Å²) in [7, 11) is 0. The summed E-state index contributed by atoms with van der Waals surface area (Å²) >= 11 is 1.78. The molecule has 0 saturated carbocycles. The van der Waals surface area contributed by atoms with E-state index in [2.05, 4.69) is 146 Å². The topological polar surface area (TPSA) is 51.8 Å². The van der Waals surface area contributed by atoms with Crippen LogP contribution in [0.5, 0.6) is 0 Å². The van der Waals surface area contributed by atoms with Crippen molar-refractivity contribution in [1.82, 2.24) is 15.0 Å². The Kier molecular flexibility index (Phi) is 6.39. The zero-order valence-corrected chi connectivity index (χ0v) is 28.6. The fraction of sp³-hybridized carbons (Fsp3) is 0. The molecule has 3 heterocycles. The van der Waals surface area contributed by atoms with Crippen LogP contribution in [0.25, 0.3) is 109 Å². The van der Waals surface area contributed by atoms with E-state index in [0.29, 0.717) is 17.5 Å². The van der Waals surface area contributed by atoms with Gasteiger partial charge in [-0.15, -0.1) is 11.3 Å². The number of fused-ring (bicyclic) bond motifs is 9. The van der Waals surface area contributed by atoms with E-state index in [1.807, 2.05) is 18.2 Å². The molecule has 11 rings (SSSR count). The smallest absolute Gasteiger partial charge is 0.165 e. The average molecular weight is 682 g/mol. The molecular formula is C47H27N3OS. The van der Waals surface area contributed by atoms with Gasteiger partial charge in [0, 0.05) is 47.6 Å². The third kappa shape index (κ3) is 4.57. The summed E-state index contributed by atoms with van der Waals surface area (Å²) in [4.78, 5) is 15.6. The second-order valence-corrected chi connectivity index (χ2v) is 14.2. The highest BCUT2D eigenvalue weighted by atomic mass is 32.1. The molecule has 4 nitrogen and oxygen atoms in total. The minimum Gasteiger partial charge on any atom is -0.456 e. The van der Waals surface area contributed by atoms with Crippen LogP contribution in [-0.2, 0) is 0 Å². The van der Waals surface area contributed by atoms with Crippen LogP contribution < -0.4 is 0 Å². The minimum atomic E-state index is 0.599. The molecule has 0 bridgehead atoms. The van der Waals surface area contributed by atoms with Gasteiger partial charge in [0.25, 0.3) is 0 Å². The molecule has 8 aromatic carbocycles. The first-order valence-electron chi connectivity index (χ1n) is 17.3. The van der Waals surface area contributed by atoms with Gasteiger partial charge >= 0.3 is 0 Å². The summed E-state index contributed by atoms with van der Waals surface area (Å²) in [5.74, 6) is 1.86. The van der Waals surface area contributed by atoms with Crippen molar-refractivity contribution >= 4 is 75.0 Å². The Balaban J connectivity index is 1.13. The van der Waals surface area contributed by atoms with Gasteiger partial charge < -0.3 is 4.42 Å². The Labute approximate surface area is 302 Å². The van der Waals surface area contributed by atoms with Crippen LogP contribution in [0.2, 0.25) is 0 Å². The molecule has 0 N–H and O–H groups in total. The summed E-state index contributed by atoms with van der Waals surface area (Å²) in [5.41, 5.74) is 6.74. The standard InChI is InChI=1S/C47H27N3OS/c1-2-14-33-28(10-1)22-23-29-11-8-17-34(43(29)33)30-12-7-13-31(26-30)45-48-46(32-24-25-36-35-15-3-5-20-40(35)51-41(36)27-32)50-47(49-45)39-19-9-18-38-37-16-4-6-21-42(37)52-44(38)39/h1-27H. The molecule has 0 radical (unpaired) electrons. The molecule has 0 aliphatic carbocycles. The van der Waals surface area contributed by atoms with Gasteiger partial charge in [0.1, 0.15) is 11.2 Å². The molecule has 0 atom stereocenters. The van der Waals surface area contributed by atoms with Gasteiger partial charge in [-0.3, -0.25) is 0 Å². The predicted octanol–water partition coefficient (Wildman–Crippen LogP) is 13.1. The molecule has 0 saturated heterocycles. The number of nitrogens with zero attached hydrogens (tertiary/aromatic N) is 3. The van der Waals surface area contributed by atoms with Crippen LogP contribution in [0, 0.1) is 0 Å². The lowest BCUT2D eigenvalue weighted by molar-refractivity contribution is 0.669. The maximum atomic E-state index is 6.30. The maximum absolute atomic E-state index is 6.30. The first-order valence-corrected chi connectivity index (χ1v) is 18.2. The molecule has 3 aromatic heterocycles. The van der Waals surface area contributed by atoms with E-state index in [4.69, 9.17) is 19.4 Å². The van der Waals surface area contributed by atoms with E-state index in [-0.39, 0.29) is 0 Å². The molecule has 0 unspecified atom stereocenters. The fourth-order valence-corrected chi connectivity index (χ4v) is 8.88. The molecule has 5 heteroatoms. The van der Waals surface area contributed by atoms with Crippen molar-refractivity contribution in [3.8, 4) is 45.3 Å². The van der Waals surface area contributed by atoms with Gasteiger partial charge in [0.05, 0.1) is 0 Å². The number of benzene rings is 8. The fourth-order valence-electron chi connectivity index (χ4n) is 7.67. The van der Waals surface area contributed by atoms with E-state index >= 15 is 0 Å². The molecule has 0 aliphatic heterocycles. The van der Waals surface area contributed by atoms with Crippen molar-refractivity contribution < 1.29 is 4.42 Å². The number of hydrogen-bond donors (Lipinski definition) is 0. The summed E-state index contributed by atoms with van der Waals surface area (Å²) in [6, 6.07) is 57.5. The number of hydrogen-bond acceptors (Lipinski definition) is 5. The van der Waals surface area contributed by atoms with Crippen LogP contribution >= 0.6 is 11.3 Å². The summed E-state index contributed by atoms with van der Waals surface area (Å²) in [6.07, 6.45) is 0. The Morgan fingerprint density at radius 2 is 1.02 bits per heavy atom. The summed E-state index contributed by atoms with van der Waals surface area (Å²) < 4.78 is 8.70. The Bertz CT molecular complexity index is 3210. The van der Waals surface area contributed by atoms with E-state index < -0.39 is 0 Å². The number of furan rings is 1. The summed E-state index contributed by atoms with van der Waals surface area (Å²) in [5, 5.41) is 9.52. The van der Waals surface area contributed by atoms with Crippen molar-refractivity contribution in [2.45, 2.75) is 0 Å². The Morgan fingerprint density at radius 3 is 1.94 bits per heavy atom. The quantitative estimate of drug-likeness (QED) is 0.174. The molecule has 0 spiro atoms. The number of rotatable bonds is 4. The lowest BCUT2D eigenvalue weighted by Gasteiger charge is -2.12. The zero-order chi connectivity index (χ0) is 34.2. The van der Waals surface area contributed by atoms with Gasteiger partial charge in [-0.1, -0.05) is 127 Å². The number of para-hydroxylation sites is 1. The third-order valence-corrected chi connectivity index (χ3v) is 11.3. The van der Waals surface area contributed by atoms with Crippen molar-refractivity contribution in [2.24, 2.45) is 0 Å². The second kappa shape index (κ2) is 11.4. The maximum Gasteiger partial charge on any atom is 0.165 e. The van der Waals surface area contributed by atoms with Crippen LogP contribution in [0.3, 0.4) is 0 Å². The molecule has 0 aliphatic rings. The van der Waals surface area contributed by atoms with Crippen molar-refractivity contribution in [2.75, 3.05) is 0 Å². The van der Waals surface area contributed by atoms with Gasteiger partial charge in [0.15, 0.2) is 17.5 Å². The van der Waals surface area contributed by atoms with Crippen molar-refractivity contribution in [3.63, 3.8) is 0 Å². The summed E-state index contributed by atoms with van der Waals surface area (Å²) in [6.45, 7) is 0. The van der Waals surface area contributed by atoms with Gasteiger partial charge in [-0.25, -0.2) is 15.0 Å². The van der Waals surface area contributed by atoms with E-state index in [9.17, 15) is 0 Å². The molecule has 52 heavy (non-hydrogen) atoms. The van der Waals surface area contributed by atoms with Gasteiger partial charge in [0.2, 0.25) is 0 Å². The van der Waals surface area contributed by atoms with Crippen LogP contribution in [0.15, 0.2) is 168 Å². The number of thiophene rings is 1. The highest BCUT2D eigenvalue weighted by Crippen LogP contribution is 2.41. The van der Waals surface area contributed by atoms with Crippen molar-refractivity contribution in [1.29, 1.82) is 0 Å². The lowest BCUT2D eigenvalue weighted by atomic mass is 9.93. The molecule has 0 fully saturated rings. The second-order valence-electron chi connectivity index (χ2n) is 13.2. The van der Waals surface area contributed by atoms with Crippen molar-refractivity contribution in [3.05, 3.63) is 164 Å². The Hall–Kier alpha value is -6.69. The largest absolute Gasteiger partial charge is 0.456 e. The first kappa shape index (κ1) is 29.1. The highest BCUT2D eigenvalue weighted by Gasteiger charge is 2.18. The minimum absolute atomic E-state index is 0.599. The SMILES string of the molecule is c1cc(-c2nc(-c3ccc4c(c3)oc3ccccc34)nc(-c3cccc4c3sc3ccccc34)n2)cc(-c2cccc3ccc4ccccc4c23)c1. The number of aromatic nitrogens is 3. The van der Waals surface area contributed by atoms with E-state index in [1.165, 1.54) is 42.6 Å². The predicted molar refractivity (Wildman–Crippen MR) is 217 cm³/mol. The zero-order valence-electron chi connectivity index (χ0n) is 27.7. The van der Waals surface area contributed by atoms with Crippen LogP contribution in [-0.4, -0.2) is 15.0 Å². The molecule has 0 amide bonds.